The van der Waals surface area contributed by atoms with Gasteiger partial charge in [0.25, 0.3) is 0 Å². The molecule has 0 saturated heterocycles. The number of hydrogen-bond acceptors (Lipinski definition) is 2. The average Bonchev–Trinajstić information content (AvgIpc) is 3.00. The van der Waals surface area contributed by atoms with Crippen LogP contribution in [-0.4, -0.2) is 22.4 Å². The van der Waals surface area contributed by atoms with E-state index >= 15 is 0 Å². The third kappa shape index (κ3) is 5.07. The van der Waals surface area contributed by atoms with Crippen LogP contribution in [0.5, 0.6) is 0 Å². The fraction of sp³-hybridized carbons (Fsp3) is 0.778. The second-order valence-corrected chi connectivity index (χ2v) is 11.0. The topological polar surface area (TPSA) is 40.5 Å². The van der Waals surface area contributed by atoms with Gasteiger partial charge < -0.3 is 10.2 Å². The van der Waals surface area contributed by atoms with Crippen molar-refractivity contribution >= 4 is 0 Å². The Labute approximate surface area is 179 Å². The van der Waals surface area contributed by atoms with E-state index in [1.165, 1.54) is 51.4 Å². The summed E-state index contributed by atoms with van der Waals surface area (Å²) in [4.78, 5) is 0. The second-order valence-electron chi connectivity index (χ2n) is 11.0. The van der Waals surface area contributed by atoms with Crippen molar-refractivity contribution in [3.8, 4) is 0 Å². The summed E-state index contributed by atoms with van der Waals surface area (Å²) in [5.74, 6) is 3.20. The summed E-state index contributed by atoms with van der Waals surface area (Å²) < 4.78 is 0. The van der Waals surface area contributed by atoms with Crippen LogP contribution in [0, 0.1) is 29.1 Å². The van der Waals surface area contributed by atoms with E-state index < -0.39 is 12.2 Å². The molecule has 3 saturated carbocycles. The first-order chi connectivity index (χ1) is 13.7. The maximum absolute atomic E-state index is 10.1. The van der Waals surface area contributed by atoms with E-state index in [0.717, 1.165) is 28.9 Å². The Morgan fingerprint density at radius 2 is 1.90 bits per heavy atom. The van der Waals surface area contributed by atoms with Gasteiger partial charge in [0.15, 0.2) is 0 Å². The van der Waals surface area contributed by atoms with Crippen molar-refractivity contribution < 1.29 is 10.2 Å². The molecule has 2 heteroatoms. The molecule has 2 nitrogen and oxygen atoms in total. The summed E-state index contributed by atoms with van der Waals surface area (Å²) in [7, 11) is 0. The standard InChI is InChI=1S/C27H44O2/c1-18(2)8-6-9-19(3)24-13-14-25-21(10-7-15-27(24,25)5)11-12-22-16-23(28)17-26(29)20(22)4/h11-12,18-19,23-26,28-29H,4,6-10,13-17H2,1-3,5H3/t19-,23-,24-,25?,26-,27-/m1/s1. The largest absolute Gasteiger partial charge is 0.393 e. The SMILES string of the molecule is C=C1C(=CC=C2CCC[C@@]3(C)C2CC[C@@H]3[C@H](C)CCCC(C)C)C[C@@H](O)C[C@H]1O. The minimum Gasteiger partial charge on any atom is -0.393 e. The highest BCUT2D eigenvalue weighted by Gasteiger charge is 2.50. The van der Waals surface area contributed by atoms with Crippen molar-refractivity contribution in [2.75, 3.05) is 0 Å². The van der Waals surface area contributed by atoms with Gasteiger partial charge in [0, 0.05) is 6.42 Å². The fourth-order valence-electron chi connectivity index (χ4n) is 6.73. The van der Waals surface area contributed by atoms with E-state index in [9.17, 15) is 10.2 Å². The first kappa shape index (κ1) is 22.8. The number of fused-ring (bicyclic) bond motifs is 1. The molecule has 0 heterocycles. The Morgan fingerprint density at radius 3 is 2.62 bits per heavy atom. The predicted molar refractivity (Wildman–Crippen MR) is 123 cm³/mol. The average molecular weight is 401 g/mol. The quantitative estimate of drug-likeness (QED) is 0.528. The van der Waals surface area contributed by atoms with E-state index in [-0.39, 0.29) is 0 Å². The molecule has 3 rings (SSSR count). The molecule has 0 aromatic rings. The molecule has 3 fully saturated rings. The van der Waals surface area contributed by atoms with E-state index in [4.69, 9.17) is 0 Å². The number of aliphatic hydroxyl groups is 2. The molecule has 1 unspecified atom stereocenters. The van der Waals surface area contributed by atoms with Gasteiger partial charge in [-0.3, -0.25) is 0 Å². The molecule has 164 valence electrons. The highest BCUT2D eigenvalue weighted by molar-refractivity contribution is 5.38. The van der Waals surface area contributed by atoms with Gasteiger partial charge in [-0.25, -0.2) is 0 Å². The van der Waals surface area contributed by atoms with E-state index in [0.29, 0.717) is 24.2 Å². The van der Waals surface area contributed by atoms with Gasteiger partial charge in [0.05, 0.1) is 12.2 Å². The predicted octanol–water partition coefficient (Wildman–Crippen LogP) is 6.59. The summed E-state index contributed by atoms with van der Waals surface area (Å²) >= 11 is 0. The van der Waals surface area contributed by atoms with Gasteiger partial charge in [-0.1, -0.05) is 71.3 Å². The number of hydrogen-bond donors (Lipinski definition) is 2. The van der Waals surface area contributed by atoms with Crippen molar-refractivity contribution in [3.05, 3.63) is 35.5 Å². The molecule has 3 aliphatic carbocycles. The third-order valence-corrected chi connectivity index (χ3v) is 8.43. The van der Waals surface area contributed by atoms with Crippen LogP contribution in [0.15, 0.2) is 35.5 Å². The van der Waals surface area contributed by atoms with Gasteiger partial charge in [0.1, 0.15) is 0 Å². The molecule has 3 aliphatic rings. The normalized spacial score (nSPS) is 39.3. The second kappa shape index (κ2) is 9.52. The molecule has 0 bridgehead atoms. The van der Waals surface area contributed by atoms with Crippen LogP contribution in [0.25, 0.3) is 0 Å². The first-order valence-corrected chi connectivity index (χ1v) is 12.2. The summed E-state index contributed by atoms with van der Waals surface area (Å²) in [5, 5.41) is 20.2. The maximum Gasteiger partial charge on any atom is 0.0811 e. The van der Waals surface area contributed by atoms with Crippen molar-refractivity contribution in [1.82, 2.24) is 0 Å². The summed E-state index contributed by atoms with van der Waals surface area (Å²) in [6.45, 7) is 13.8. The van der Waals surface area contributed by atoms with Crippen LogP contribution in [0.2, 0.25) is 0 Å². The van der Waals surface area contributed by atoms with Crippen LogP contribution in [0.1, 0.15) is 91.9 Å². The van der Waals surface area contributed by atoms with Crippen molar-refractivity contribution in [3.63, 3.8) is 0 Å². The van der Waals surface area contributed by atoms with Gasteiger partial charge >= 0.3 is 0 Å². The molecule has 2 N–H and O–H groups in total. The highest BCUT2D eigenvalue weighted by atomic mass is 16.3. The lowest BCUT2D eigenvalue weighted by Gasteiger charge is -2.44. The van der Waals surface area contributed by atoms with Gasteiger partial charge in [-0.2, -0.15) is 0 Å². The molecular weight excluding hydrogens is 356 g/mol. The number of rotatable bonds is 6. The van der Waals surface area contributed by atoms with E-state index in [1.54, 1.807) is 5.57 Å². The number of aliphatic hydroxyl groups excluding tert-OH is 2. The summed E-state index contributed by atoms with van der Waals surface area (Å²) in [6.07, 6.45) is 15.2. The van der Waals surface area contributed by atoms with Crippen LogP contribution < -0.4 is 0 Å². The zero-order valence-electron chi connectivity index (χ0n) is 19.3. The molecule has 0 radical (unpaired) electrons. The number of allylic oxidation sites excluding steroid dienone is 3. The van der Waals surface area contributed by atoms with E-state index in [2.05, 4.69) is 46.4 Å². The first-order valence-electron chi connectivity index (χ1n) is 12.2. The monoisotopic (exact) mass is 400 g/mol. The van der Waals surface area contributed by atoms with Gasteiger partial charge in [-0.15, -0.1) is 0 Å². The maximum atomic E-state index is 10.1. The smallest absolute Gasteiger partial charge is 0.0811 e. The zero-order chi connectivity index (χ0) is 21.2. The van der Waals surface area contributed by atoms with Gasteiger partial charge in [0.2, 0.25) is 0 Å². The minimum absolute atomic E-state index is 0.420. The minimum atomic E-state index is -0.595. The van der Waals surface area contributed by atoms with Crippen molar-refractivity contribution in [2.45, 2.75) is 104 Å². The molecule has 0 amide bonds. The molecule has 0 aliphatic heterocycles. The third-order valence-electron chi connectivity index (χ3n) is 8.43. The van der Waals surface area contributed by atoms with Crippen molar-refractivity contribution in [2.24, 2.45) is 29.1 Å². The highest BCUT2D eigenvalue weighted by Crippen LogP contribution is 2.59. The fourth-order valence-corrected chi connectivity index (χ4v) is 6.73. The van der Waals surface area contributed by atoms with Crippen molar-refractivity contribution in [1.29, 1.82) is 0 Å². The Bertz CT molecular complexity index is 643. The van der Waals surface area contributed by atoms with Crippen LogP contribution in [-0.2, 0) is 0 Å². The summed E-state index contributed by atoms with van der Waals surface area (Å²) in [5.41, 5.74) is 3.88. The lowest BCUT2D eigenvalue weighted by atomic mass is 9.60. The molecule has 0 aromatic carbocycles. The molecule has 6 atom stereocenters. The molecular formula is C27H44O2. The summed E-state index contributed by atoms with van der Waals surface area (Å²) in [6, 6.07) is 0. The Hall–Kier alpha value is -0.860. The Kier molecular flexibility index (Phi) is 7.49. The van der Waals surface area contributed by atoms with Crippen LogP contribution in [0.4, 0.5) is 0 Å². The molecule has 29 heavy (non-hydrogen) atoms. The van der Waals surface area contributed by atoms with Crippen LogP contribution in [0.3, 0.4) is 0 Å². The zero-order valence-corrected chi connectivity index (χ0v) is 19.3. The van der Waals surface area contributed by atoms with Crippen LogP contribution >= 0.6 is 0 Å². The lowest BCUT2D eigenvalue weighted by Crippen LogP contribution is -2.36. The van der Waals surface area contributed by atoms with Gasteiger partial charge in [-0.05, 0) is 78.8 Å². The Balaban J connectivity index is 1.71. The lowest BCUT2D eigenvalue weighted by molar-refractivity contribution is 0.0861. The molecule has 0 spiro atoms. The molecule has 0 aromatic heterocycles. The van der Waals surface area contributed by atoms with E-state index in [1.807, 2.05) is 0 Å². The Morgan fingerprint density at radius 1 is 1.14 bits per heavy atom.